The molecule has 1 aliphatic rings. The molecule has 1 amide bonds. The molecule has 1 aliphatic heterocycles. The summed E-state index contributed by atoms with van der Waals surface area (Å²) in [7, 11) is 0. The number of nitrogens with zero attached hydrogens (tertiary/aromatic N) is 4. The average molecular weight is 587 g/mol. The van der Waals surface area contributed by atoms with E-state index in [2.05, 4.69) is 26.0 Å². The summed E-state index contributed by atoms with van der Waals surface area (Å²) in [5, 5.41) is 5.39. The minimum Gasteiger partial charge on any atom is -0.452 e. The zero-order valence-corrected chi connectivity index (χ0v) is 22.1. The molecule has 38 heavy (non-hydrogen) atoms. The SMILES string of the molecule is Cc1c(-c2nc3s/c(=C4\C(=O)N(Cc5ccccc5F)c5ccc(Br)cc54)c(=O)n3n2)oc2ccccc12. The Morgan fingerprint density at radius 3 is 2.63 bits per heavy atom. The Kier molecular flexibility index (Phi) is 5.11. The van der Waals surface area contributed by atoms with E-state index in [9.17, 15) is 14.0 Å². The Labute approximate surface area is 226 Å². The van der Waals surface area contributed by atoms with Crippen molar-refractivity contribution in [2.75, 3.05) is 4.90 Å². The third-order valence-corrected chi connectivity index (χ3v) is 8.22. The summed E-state index contributed by atoms with van der Waals surface area (Å²) in [5.74, 6) is 0.0269. The molecule has 0 atom stereocenters. The first-order chi connectivity index (χ1) is 18.4. The van der Waals surface area contributed by atoms with Gasteiger partial charge >= 0.3 is 0 Å². The van der Waals surface area contributed by atoms with Gasteiger partial charge in [0.2, 0.25) is 10.8 Å². The van der Waals surface area contributed by atoms with Crippen molar-refractivity contribution in [1.29, 1.82) is 0 Å². The van der Waals surface area contributed by atoms with Gasteiger partial charge in [0.05, 0.1) is 17.8 Å². The zero-order valence-electron chi connectivity index (χ0n) is 19.7. The van der Waals surface area contributed by atoms with E-state index in [0.717, 1.165) is 26.8 Å². The number of fused-ring (bicyclic) bond motifs is 3. The lowest BCUT2D eigenvalue weighted by molar-refractivity contribution is -0.113. The second kappa shape index (κ2) is 8.44. The van der Waals surface area contributed by atoms with Gasteiger partial charge in [-0.2, -0.15) is 9.50 Å². The number of anilines is 1. The molecule has 6 aromatic rings. The highest BCUT2D eigenvalue weighted by atomic mass is 79.9. The van der Waals surface area contributed by atoms with Gasteiger partial charge < -0.3 is 9.32 Å². The fraction of sp³-hybridized carbons (Fsp3) is 0.0714. The van der Waals surface area contributed by atoms with E-state index in [-0.39, 0.29) is 22.6 Å². The van der Waals surface area contributed by atoms with E-state index in [0.29, 0.717) is 38.9 Å². The van der Waals surface area contributed by atoms with Crippen LogP contribution in [0.3, 0.4) is 0 Å². The number of aromatic nitrogens is 3. The minimum absolute atomic E-state index is 0.0358. The molecule has 0 N–H and O–H groups in total. The second-order valence-corrected chi connectivity index (χ2v) is 10.8. The summed E-state index contributed by atoms with van der Waals surface area (Å²) >= 11 is 4.56. The maximum absolute atomic E-state index is 14.4. The molecule has 0 fully saturated rings. The molecule has 0 saturated heterocycles. The Hall–Kier alpha value is -4.15. The van der Waals surface area contributed by atoms with Crippen LogP contribution in [0.4, 0.5) is 10.1 Å². The molecule has 0 radical (unpaired) electrons. The lowest BCUT2D eigenvalue weighted by atomic mass is 10.1. The first kappa shape index (κ1) is 23.0. The lowest BCUT2D eigenvalue weighted by Gasteiger charge is -2.17. The highest BCUT2D eigenvalue weighted by Gasteiger charge is 2.35. The molecule has 3 aromatic carbocycles. The van der Waals surface area contributed by atoms with E-state index in [1.54, 1.807) is 30.3 Å². The fourth-order valence-electron chi connectivity index (χ4n) is 4.85. The summed E-state index contributed by atoms with van der Waals surface area (Å²) in [6.07, 6.45) is 0. The van der Waals surface area contributed by atoms with Crippen molar-refractivity contribution >= 4 is 60.4 Å². The third kappa shape index (κ3) is 3.37. The van der Waals surface area contributed by atoms with Crippen LogP contribution < -0.4 is 15.0 Å². The number of benzene rings is 3. The zero-order chi connectivity index (χ0) is 26.1. The predicted molar refractivity (Wildman–Crippen MR) is 147 cm³/mol. The Balaban J connectivity index is 1.39. The van der Waals surface area contributed by atoms with Crippen LogP contribution in [0.25, 0.3) is 33.1 Å². The molecule has 186 valence electrons. The fourth-order valence-corrected chi connectivity index (χ4v) is 6.20. The molecule has 10 heteroatoms. The van der Waals surface area contributed by atoms with Crippen LogP contribution in [0.1, 0.15) is 16.7 Å². The number of amides is 1. The first-order valence-corrected chi connectivity index (χ1v) is 13.3. The lowest BCUT2D eigenvalue weighted by Crippen LogP contribution is -2.32. The topological polar surface area (TPSA) is 80.7 Å². The van der Waals surface area contributed by atoms with Gasteiger partial charge in [0.25, 0.3) is 11.5 Å². The van der Waals surface area contributed by atoms with Crippen molar-refractivity contribution in [2.24, 2.45) is 0 Å². The van der Waals surface area contributed by atoms with Crippen molar-refractivity contribution < 1.29 is 13.6 Å². The van der Waals surface area contributed by atoms with Crippen molar-refractivity contribution in [3.63, 3.8) is 0 Å². The standard InChI is InChI=1S/C28H16BrFN4O3S/c1-14-17-7-3-5-9-21(17)37-23(14)25-31-28-34(32-25)27(36)24(38-28)22-18-12-16(29)10-11-20(18)33(26(22)35)13-15-6-2-4-8-19(15)30/h2-12H,13H2,1H3/b24-22-. The molecule has 7 nitrogen and oxygen atoms in total. The van der Waals surface area contributed by atoms with Crippen LogP contribution in [0, 0.1) is 12.7 Å². The van der Waals surface area contributed by atoms with Gasteiger partial charge in [-0.1, -0.05) is 63.7 Å². The van der Waals surface area contributed by atoms with Crippen LogP contribution in [-0.4, -0.2) is 20.5 Å². The van der Waals surface area contributed by atoms with Gasteiger partial charge in [0, 0.05) is 26.5 Å². The monoisotopic (exact) mass is 586 g/mol. The molecular weight excluding hydrogens is 571 g/mol. The van der Waals surface area contributed by atoms with Crippen molar-refractivity contribution in [2.45, 2.75) is 13.5 Å². The predicted octanol–water partition coefficient (Wildman–Crippen LogP) is 5.24. The number of hydrogen-bond donors (Lipinski definition) is 0. The van der Waals surface area contributed by atoms with Crippen LogP contribution in [0.5, 0.6) is 0 Å². The minimum atomic E-state index is -0.445. The quantitative estimate of drug-likeness (QED) is 0.283. The van der Waals surface area contributed by atoms with E-state index in [1.807, 2.05) is 37.3 Å². The average Bonchev–Trinajstić information content (AvgIpc) is 3.62. The van der Waals surface area contributed by atoms with Gasteiger partial charge in [0.1, 0.15) is 15.9 Å². The van der Waals surface area contributed by atoms with Gasteiger partial charge in [-0.05, 0) is 37.3 Å². The maximum atomic E-state index is 14.4. The number of rotatable bonds is 3. The van der Waals surface area contributed by atoms with E-state index in [4.69, 9.17) is 4.42 Å². The van der Waals surface area contributed by atoms with Crippen LogP contribution in [0.15, 0.2) is 80.4 Å². The Morgan fingerprint density at radius 1 is 1.05 bits per heavy atom. The highest BCUT2D eigenvalue weighted by molar-refractivity contribution is 9.10. The van der Waals surface area contributed by atoms with Gasteiger partial charge in [0.15, 0.2) is 5.76 Å². The molecule has 0 bridgehead atoms. The molecule has 0 aliphatic carbocycles. The number of hydrogen-bond acceptors (Lipinski definition) is 6. The summed E-state index contributed by atoms with van der Waals surface area (Å²) in [6.45, 7) is 1.96. The normalized spacial score (nSPS) is 14.7. The number of para-hydroxylation sites is 1. The summed E-state index contributed by atoms with van der Waals surface area (Å²) in [4.78, 5) is 33.7. The van der Waals surface area contributed by atoms with Gasteiger partial charge in [-0.3, -0.25) is 9.59 Å². The van der Waals surface area contributed by atoms with Gasteiger partial charge in [-0.25, -0.2) is 4.39 Å². The molecule has 0 saturated carbocycles. The van der Waals surface area contributed by atoms with E-state index < -0.39 is 11.4 Å². The number of carbonyl (C=O) groups excluding carboxylic acids is 1. The van der Waals surface area contributed by atoms with Crippen LogP contribution in [0.2, 0.25) is 0 Å². The number of thiazole rings is 1. The first-order valence-electron chi connectivity index (χ1n) is 11.7. The molecule has 4 heterocycles. The largest absolute Gasteiger partial charge is 0.452 e. The third-order valence-electron chi connectivity index (χ3n) is 6.70. The smallest absolute Gasteiger partial charge is 0.291 e. The Morgan fingerprint density at radius 2 is 1.84 bits per heavy atom. The van der Waals surface area contributed by atoms with Gasteiger partial charge in [-0.15, -0.1) is 5.10 Å². The van der Waals surface area contributed by atoms with Crippen LogP contribution >= 0.6 is 27.3 Å². The van der Waals surface area contributed by atoms with E-state index in [1.165, 1.54) is 15.5 Å². The summed E-state index contributed by atoms with van der Waals surface area (Å²) < 4.78 is 22.6. The number of carbonyl (C=O) groups is 1. The molecule has 7 rings (SSSR count). The molecule has 0 spiro atoms. The second-order valence-electron chi connectivity index (χ2n) is 8.94. The van der Waals surface area contributed by atoms with Crippen molar-refractivity contribution in [3.8, 4) is 11.6 Å². The number of halogens is 2. The highest BCUT2D eigenvalue weighted by Crippen LogP contribution is 2.38. The summed E-state index contributed by atoms with van der Waals surface area (Å²) in [5.41, 5.74) is 2.98. The number of aryl methyl sites for hydroxylation is 1. The summed E-state index contributed by atoms with van der Waals surface area (Å²) in [6, 6.07) is 19.4. The maximum Gasteiger partial charge on any atom is 0.291 e. The van der Waals surface area contributed by atoms with Crippen molar-refractivity contribution in [1.82, 2.24) is 14.6 Å². The van der Waals surface area contributed by atoms with Crippen molar-refractivity contribution in [3.05, 3.63) is 109 Å². The molecular formula is C28H16BrFN4O3S. The van der Waals surface area contributed by atoms with E-state index >= 15 is 0 Å². The van der Waals surface area contributed by atoms with Crippen LogP contribution in [-0.2, 0) is 11.3 Å². The number of furan rings is 1. The Bertz CT molecular complexity index is 2060. The molecule has 3 aromatic heterocycles. The molecule has 0 unspecified atom stereocenters.